The van der Waals surface area contributed by atoms with E-state index in [-0.39, 0.29) is 12.4 Å². The van der Waals surface area contributed by atoms with Crippen LogP contribution in [0.1, 0.15) is 17.3 Å². The van der Waals surface area contributed by atoms with Crippen molar-refractivity contribution in [2.75, 3.05) is 6.61 Å². The molecule has 5 heteroatoms. The third kappa shape index (κ3) is 3.34. The van der Waals surface area contributed by atoms with E-state index >= 15 is 0 Å². The minimum Gasteiger partial charge on any atom is -0.482 e. The Morgan fingerprint density at radius 3 is 2.26 bits per heavy atom. The number of ketones is 1. The molecule has 2 aromatic rings. The van der Waals surface area contributed by atoms with Crippen LogP contribution in [0.3, 0.4) is 0 Å². The van der Waals surface area contributed by atoms with Crippen molar-refractivity contribution in [1.29, 1.82) is 0 Å². The van der Waals surface area contributed by atoms with E-state index < -0.39 is 18.2 Å². The maximum atomic E-state index is 12.2. The molecular weight excluding hydrogens is 296 g/mol. The number of fused-ring (bicyclic) bond motifs is 1. The molecule has 0 amide bonds. The second-order valence-corrected chi connectivity index (χ2v) is 5.21. The number of hydrogen-bond acceptors (Lipinski definition) is 5. The number of para-hydroxylation sites is 2. The maximum Gasteiger partial charge on any atom is 0.351 e. The Kier molecular flexibility index (Phi) is 4.28. The lowest BCUT2D eigenvalue weighted by molar-refractivity contribution is -0.156. The molecule has 0 fully saturated rings. The van der Waals surface area contributed by atoms with Gasteiger partial charge in [0.15, 0.2) is 23.9 Å². The van der Waals surface area contributed by atoms with Crippen molar-refractivity contribution in [1.82, 2.24) is 0 Å². The molecule has 0 aliphatic carbocycles. The number of rotatable bonds is 4. The fraction of sp³-hybridized carbons (Fsp3) is 0.222. The van der Waals surface area contributed by atoms with Gasteiger partial charge in [-0.15, -0.1) is 0 Å². The Labute approximate surface area is 133 Å². The van der Waals surface area contributed by atoms with E-state index in [2.05, 4.69) is 0 Å². The van der Waals surface area contributed by atoms with Crippen LogP contribution in [-0.4, -0.2) is 30.6 Å². The van der Waals surface area contributed by atoms with Gasteiger partial charge in [0.25, 0.3) is 0 Å². The minimum atomic E-state index is -0.895. The summed E-state index contributed by atoms with van der Waals surface area (Å²) in [6.45, 7) is 1.40. The lowest BCUT2D eigenvalue weighted by Crippen LogP contribution is -2.44. The molecule has 1 aliphatic heterocycles. The molecule has 2 aromatic carbocycles. The van der Waals surface area contributed by atoms with Crippen molar-refractivity contribution >= 4 is 11.8 Å². The highest BCUT2D eigenvalue weighted by Gasteiger charge is 2.35. The Morgan fingerprint density at radius 2 is 1.57 bits per heavy atom. The van der Waals surface area contributed by atoms with Crippen LogP contribution < -0.4 is 9.47 Å². The maximum absolute atomic E-state index is 12.2. The highest BCUT2D eigenvalue weighted by Crippen LogP contribution is 2.33. The summed E-state index contributed by atoms with van der Waals surface area (Å²) in [7, 11) is 0. The van der Waals surface area contributed by atoms with Crippen molar-refractivity contribution in [2.45, 2.75) is 19.1 Å². The molecule has 3 rings (SSSR count). The Balaban J connectivity index is 1.62. The molecule has 0 N–H and O–H groups in total. The molecule has 0 bridgehead atoms. The lowest BCUT2D eigenvalue weighted by Gasteiger charge is -2.30. The van der Waals surface area contributed by atoms with Crippen molar-refractivity contribution in [3.63, 3.8) is 0 Å². The summed E-state index contributed by atoms with van der Waals surface area (Å²) in [4.78, 5) is 24.1. The zero-order chi connectivity index (χ0) is 16.2. The van der Waals surface area contributed by atoms with E-state index in [4.69, 9.17) is 14.2 Å². The second kappa shape index (κ2) is 6.52. The van der Waals surface area contributed by atoms with Crippen LogP contribution in [0.2, 0.25) is 0 Å². The molecule has 1 aliphatic rings. The van der Waals surface area contributed by atoms with Gasteiger partial charge in [-0.05, 0) is 19.1 Å². The highest BCUT2D eigenvalue weighted by atomic mass is 16.6. The van der Waals surface area contributed by atoms with Gasteiger partial charge in [-0.25, -0.2) is 4.79 Å². The SMILES string of the molecule is C[C@@H]1Oc2ccccc2O[C@H]1C(=O)OCC(=O)c1ccccc1. The first kappa shape index (κ1) is 15.1. The van der Waals surface area contributed by atoms with Gasteiger partial charge in [-0.2, -0.15) is 0 Å². The van der Waals surface area contributed by atoms with Gasteiger partial charge in [0.2, 0.25) is 6.10 Å². The van der Waals surface area contributed by atoms with Gasteiger partial charge in [-0.3, -0.25) is 4.79 Å². The third-order valence-electron chi connectivity index (χ3n) is 3.52. The molecule has 0 saturated carbocycles. The number of Topliss-reactive ketones (excluding diaryl/α,β-unsaturated/α-hetero) is 1. The summed E-state index contributed by atoms with van der Waals surface area (Å²) in [6.07, 6.45) is -1.39. The van der Waals surface area contributed by atoms with E-state index in [9.17, 15) is 9.59 Å². The number of benzene rings is 2. The van der Waals surface area contributed by atoms with Crippen molar-refractivity contribution in [3.05, 3.63) is 60.2 Å². The smallest absolute Gasteiger partial charge is 0.351 e. The standard InChI is InChI=1S/C18H16O5/c1-12-17(23-16-10-6-5-9-15(16)22-12)18(20)21-11-14(19)13-7-3-2-4-8-13/h2-10,12,17H,11H2,1H3/t12-,17+/m0/s1. The molecule has 0 radical (unpaired) electrons. The number of esters is 1. The molecule has 0 unspecified atom stereocenters. The zero-order valence-corrected chi connectivity index (χ0v) is 12.6. The molecule has 0 aromatic heterocycles. The van der Waals surface area contributed by atoms with Crippen LogP contribution in [-0.2, 0) is 9.53 Å². The molecule has 1 heterocycles. The predicted molar refractivity (Wildman–Crippen MR) is 82.7 cm³/mol. The van der Waals surface area contributed by atoms with E-state index in [0.29, 0.717) is 17.1 Å². The molecule has 23 heavy (non-hydrogen) atoms. The van der Waals surface area contributed by atoms with Crippen LogP contribution >= 0.6 is 0 Å². The lowest BCUT2D eigenvalue weighted by atomic mass is 10.1. The summed E-state index contributed by atoms with van der Waals surface area (Å²) in [5.41, 5.74) is 0.500. The Bertz CT molecular complexity index is 710. The van der Waals surface area contributed by atoms with Crippen LogP contribution in [0.4, 0.5) is 0 Å². The monoisotopic (exact) mass is 312 g/mol. The van der Waals surface area contributed by atoms with Crippen LogP contribution in [0.5, 0.6) is 11.5 Å². The summed E-state index contributed by atoms with van der Waals surface area (Å²) in [5.74, 6) is 0.200. The van der Waals surface area contributed by atoms with Gasteiger partial charge < -0.3 is 14.2 Å². The predicted octanol–water partition coefficient (Wildman–Crippen LogP) is 2.64. The van der Waals surface area contributed by atoms with Gasteiger partial charge in [0.05, 0.1) is 0 Å². The number of hydrogen-bond donors (Lipinski definition) is 0. The first-order valence-corrected chi connectivity index (χ1v) is 7.32. The number of carbonyl (C=O) groups is 2. The fourth-order valence-corrected chi connectivity index (χ4v) is 2.31. The largest absolute Gasteiger partial charge is 0.482 e. The molecular formula is C18H16O5. The van der Waals surface area contributed by atoms with Crippen LogP contribution in [0.15, 0.2) is 54.6 Å². The Hall–Kier alpha value is -2.82. The average Bonchev–Trinajstić information content (AvgIpc) is 2.59. The number of ether oxygens (including phenoxy) is 3. The van der Waals surface area contributed by atoms with Gasteiger partial charge in [0, 0.05) is 5.56 Å². The van der Waals surface area contributed by atoms with Crippen molar-refractivity contribution < 1.29 is 23.8 Å². The topological polar surface area (TPSA) is 61.8 Å². The quantitative estimate of drug-likeness (QED) is 0.641. The van der Waals surface area contributed by atoms with Crippen LogP contribution in [0, 0.1) is 0 Å². The van der Waals surface area contributed by atoms with Gasteiger partial charge in [-0.1, -0.05) is 42.5 Å². The molecule has 5 nitrogen and oxygen atoms in total. The van der Waals surface area contributed by atoms with E-state index in [1.807, 2.05) is 12.1 Å². The first-order valence-electron chi connectivity index (χ1n) is 7.32. The third-order valence-corrected chi connectivity index (χ3v) is 3.52. The minimum absolute atomic E-state index is 0.260. The van der Waals surface area contributed by atoms with E-state index in [0.717, 1.165) is 0 Å². The molecule has 118 valence electrons. The van der Waals surface area contributed by atoms with Crippen LogP contribution in [0.25, 0.3) is 0 Å². The van der Waals surface area contributed by atoms with Gasteiger partial charge in [0.1, 0.15) is 6.10 Å². The second-order valence-electron chi connectivity index (χ2n) is 5.21. The fourth-order valence-electron chi connectivity index (χ4n) is 2.31. The zero-order valence-electron chi connectivity index (χ0n) is 12.6. The normalized spacial score (nSPS) is 19.0. The summed E-state index contributed by atoms with van der Waals surface area (Å²) in [5, 5.41) is 0. The molecule has 2 atom stereocenters. The highest BCUT2D eigenvalue weighted by molar-refractivity contribution is 5.98. The number of carbonyl (C=O) groups excluding carboxylic acids is 2. The van der Waals surface area contributed by atoms with Gasteiger partial charge >= 0.3 is 5.97 Å². The van der Waals surface area contributed by atoms with E-state index in [1.165, 1.54) is 0 Å². The summed E-state index contributed by atoms with van der Waals surface area (Å²) >= 11 is 0. The molecule has 0 spiro atoms. The summed E-state index contributed by atoms with van der Waals surface area (Å²) < 4.78 is 16.4. The van der Waals surface area contributed by atoms with Crippen molar-refractivity contribution in [3.8, 4) is 11.5 Å². The first-order chi connectivity index (χ1) is 11.1. The molecule has 0 saturated heterocycles. The summed E-state index contributed by atoms with van der Waals surface area (Å²) in [6, 6.07) is 15.8. The Morgan fingerprint density at radius 1 is 0.957 bits per heavy atom. The van der Waals surface area contributed by atoms with E-state index in [1.54, 1.807) is 49.4 Å². The average molecular weight is 312 g/mol. The van der Waals surface area contributed by atoms with Crippen molar-refractivity contribution in [2.24, 2.45) is 0 Å².